The Labute approximate surface area is 208 Å². The number of benzene rings is 2. The highest BCUT2D eigenvalue weighted by Gasteiger charge is 2.60. The molecule has 1 unspecified atom stereocenters. The number of hydrazone groups is 1. The Bertz CT molecular complexity index is 1280. The first-order valence-corrected chi connectivity index (χ1v) is 11.3. The van der Waals surface area contributed by atoms with Crippen molar-refractivity contribution in [1.29, 1.82) is 0 Å². The van der Waals surface area contributed by atoms with Crippen LogP contribution in [-0.4, -0.2) is 33.7 Å². The van der Waals surface area contributed by atoms with Crippen molar-refractivity contribution in [2.75, 3.05) is 11.1 Å². The van der Waals surface area contributed by atoms with Crippen LogP contribution in [-0.2, 0) is 10.3 Å². The zero-order valence-corrected chi connectivity index (χ0v) is 19.4. The summed E-state index contributed by atoms with van der Waals surface area (Å²) in [6, 6.07) is 6.64. The molecule has 35 heavy (non-hydrogen) atoms. The fraction of sp³-hybridized carbons (Fsp3) is 0.200. The molecule has 2 aromatic carbocycles. The van der Waals surface area contributed by atoms with Gasteiger partial charge in [0.25, 0.3) is 11.1 Å². The van der Waals surface area contributed by atoms with E-state index in [1.165, 1.54) is 6.07 Å². The van der Waals surface area contributed by atoms with E-state index >= 15 is 0 Å². The van der Waals surface area contributed by atoms with Crippen molar-refractivity contribution in [3.8, 4) is 0 Å². The molecule has 15 heteroatoms. The SMILES string of the molecule is O=C(CSc1nnc(C2=NNC(c3cc(Cl)cc(Cl)c3)(C(F)(F)F)C2)o1)Nc1c(F)cccc1F. The van der Waals surface area contributed by atoms with Crippen LogP contribution in [0.15, 0.2) is 51.1 Å². The van der Waals surface area contributed by atoms with Gasteiger partial charge in [0, 0.05) is 16.5 Å². The number of nitrogens with zero attached hydrogens (tertiary/aromatic N) is 3. The summed E-state index contributed by atoms with van der Waals surface area (Å²) in [5, 5.41) is 13.0. The second kappa shape index (κ2) is 9.63. The molecule has 2 heterocycles. The maximum absolute atomic E-state index is 14.1. The Hall–Kier alpha value is -2.90. The van der Waals surface area contributed by atoms with Crippen LogP contribution in [0.2, 0.25) is 10.0 Å². The van der Waals surface area contributed by atoms with E-state index in [4.69, 9.17) is 27.6 Å². The van der Waals surface area contributed by atoms with Crippen LogP contribution >= 0.6 is 35.0 Å². The molecule has 0 saturated heterocycles. The summed E-state index contributed by atoms with van der Waals surface area (Å²) in [4.78, 5) is 12.0. The highest BCUT2D eigenvalue weighted by molar-refractivity contribution is 7.99. The molecule has 0 radical (unpaired) electrons. The van der Waals surface area contributed by atoms with E-state index in [9.17, 15) is 26.7 Å². The van der Waals surface area contributed by atoms with E-state index < -0.39 is 41.4 Å². The molecule has 0 spiro atoms. The Morgan fingerprint density at radius 1 is 1.14 bits per heavy atom. The quantitative estimate of drug-likeness (QED) is 0.308. The van der Waals surface area contributed by atoms with Crippen LogP contribution in [0.1, 0.15) is 17.9 Å². The third-order valence-corrected chi connectivity index (χ3v) is 6.12. The number of anilines is 1. The maximum atomic E-state index is 14.1. The number of carbonyl (C=O) groups is 1. The number of thioether (sulfide) groups is 1. The molecule has 4 rings (SSSR count). The number of rotatable bonds is 6. The van der Waals surface area contributed by atoms with Gasteiger partial charge in [0.1, 0.15) is 23.0 Å². The van der Waals surface area contributed by atoms with Crippen molar-refractivity contribution in [2.24, 2.45) is 5.10 Å². The number of alkyl halides is 3. The number of aromatic nitrogens is 2. The fourth-order valence-electron chi connectivity index (χ4n) is 3.22. The van der Waals surface area contributed by atoms with Gasteiger partial charge < -0.3 is 9.73 Å². The van der Waals surface area contributed by atoms with Gasteiger partial charge in [0.05, 0.1) is 5.75 Å². The molecular weight excluding hydrogens is 540 g/mol. The summed E-state index contributed by atoms with van der Waals surface area (Å²) in [7, 11) is 0. The molecule has 3 aromatic rings. The highest BCUT2D eigenvalue weighted by Crippen LogP contribution is 2.46. The van der Waals surface area contributed by atoms with Crippen LogP contribution < -0.4 is 10.7 Å². The fourth-order valence-corrected chi connectivity index (χ4v) is 4.30. The van der Waals surface area contributed by atoms with E-state index in [-0.39, 0.29) is 38.2 Å². The van der Waals surface area contributed by atoms with Gasteiger partial charge in [-0.2, -0.15) is 18.3 Å². The number of para-hydroxylation sites is 1. The van der Waals surface area contributed by atoms with Crippen LogP contribution in [0.3, 0.4) is 0 Å². The summed E-state index contributed by atoms with van der Waals surface area (Å²) in [6.45, 7) is 0. The molecule has 0 aliphatic carbocycles. The summed E-state index contributed by atoms with van der Waals surface area (Å²) < 4.78 is 75.0. The Morgan fingerprint density at radius 2 is 1.80 bits per heavy atom. The van der Waals surface area contributed by atoms with Gasteiger partial charge in [-0.15, -0.1) is 10.2 Å². The van der Waals surface area contributed by atoms with Crippen LogP contribution in [0.5, 0.6) is 0 Å². The number of amides is 1. The smallest absolute Gasteiger partial charge is 0.410 e. The maximum Gasteiger partial charge on any atom is 0.417 e. The predicted molar refractivity (Wildman–Crippen MR) is 118 cm³/mol. The molecule has 1 amide bonds. The van der Waals surface area contributed by atoms with Crippen molar-refractivity contribution < 1.29 is 31.2 Å². The second-order valence-electron chi connectivity index (χ2n) is 7.21. The number of hydrogen-bond donors (Lipinski definition) is 2. The number of nitrogens with one attached hydrogen (secondary N) is 2. The summed E-state index contributed by atoms with van der Waals surface area (Å²) in [5.74, 6) is -3.35. The lowest BCUT2D eigenvalue weighted by Crippen LogP contribution is -2.49. The topological polar surface area (TPSA) is 92.4 Å². The van der Waals surface area contributed by atoms with Gasteiger partial charge in [0.2, 0.25) is 5.91 Å². The lowest BCUT2D eigenvalue weighted by atomic mass is 9.85. The molecule has 1 atom stereocenters. The number of halogens is 7. The monoisotopic (exact) mass is 551 g/mol. The van der Waals surface area contributed by atoms with Gasteiger partial charge in [0.15, 0.2) is 5.54 Å². The molecule has 0 saturated carbocycles. The molecule has 1 aliphatic rings. The largest absolute Gasteiger partial charge is 0.417 e. The van der Waals surface area contributed by atoms with Gasteiger partial charge >= 0.3 is 6.18 Å². The van der Waals surface area contributed by atoms with Crippen molar-refractivity contribution in [3.63, 3.8) is 0 Å². The van der Waals surface area contributed by atoms with E-state index in [0.29, 0.717) is 11.8 Å². The van der Waals surface area contributed by atoms with Crippen molar-refractivity contribution >= 4 is 52.3 Å². The zero-order valence-electron chi connectivity index (χ0n) is 17.1. The lowest BCUT2D eigenvalue weighted by molar-refractivity contribution is -0.196. The van der Waals surface area contributed by atoms with Gasteiger partial charge in [-0.3, -0.25) is 10.2 Å². The molecule has 1 aromatic heterocycles. The van der Waals surface area contributed by atoms with E-state index in [1.54, 1.807) is 0 Å². The van der Waals surface area contributed by atoms with Crippen molar-refractivity contribution in [3.05, 3.63) is 69.5 Å². The second-order valence-corrected chi connectivity index (χ2v) is 9.01. The summed E-state index contributed by atoms with van der Waals surface area (Å²) in [6.07, 6.45) is -5.50. The molecule has 2 N–H and O–H groups in total. The van der Waals surface area contributed by atoms with E-state index in [0.717, 1.165) is 30.3 Å². The standard InChI is InChI=1S/C20H12Cl2F5N5O2S/c21-10-4-9(5-11(22)6-10)19(20(25,26)27)7-14(29-32-19)17-30-31-18(34-17)35-8-15(33)28-16-12(23)2-1-3-13(16)24/h1-6,32H,7-8H2,(H,28,33). The Morgan fingerprint density at radius 3 is 2.43 bits per heavy atom. The van der Waals surface area contributed by atoms with Crippen molar-refractivity contribution in [2.45, 2.75) is 23.4 Å². The Kier molecular flexibility index (Phi) is 6.93. The highest BCUT2D eigenvalue weighted by atomic mass is 35.5. The molecule has 0 bridgehead atoms. The van der Waals surface area contributed by atoms with Crippen LogP contribution in [0.4, 0.5) is 27.6 Å². The molecular formula is C20H12Cl2F5N5O2S. The summed E-state index contributed by atoms with van der Waals surface area (Å²) in [5.41, 5.74) is -1.59. The van der Waals surface area contributed by atoms with Gasteiger partial charge in [-0.05, 0) is 35.9 Å². The molecule has 1 aliphatic heterocycles. The third-order valence-electron chi connectivity index (χ3n) is 4.86. The average Bonchev–Trinajstić information content (AvgIpc) is 3.42. The average molecular weight is 552 g/mol. The molecule has 0 fully saturated rings. The first-order valence-electron chi connectivity index (χ1n) is 9.56. The van der Waals surface area contributed by atoms with Crippen molar-refractivity contribution in [1.82, 2.24) is 15.6 Å². The molecule has 7 nitrogen and oxygen atoms in total. The number of carbonyl (C=O) groups excluding carboxylic acids is 1. The summed E-state index contributed by atoms with van der Waals surface area (Å²) >= 11 is 12.5. The predicted octanol–water partition coefficient (Wildman–Crippen LogP) is 5.54. The molecule has 184 valence electrons. The zero-order chi connectivity index (χ0) is 25.4. The van der Waals surface area contributed by atoms with Gasteiger partial charge in [-0.1, -0.05) is 41.0 Å². The Balaban J connectivity index is 1.45. The first kappa shape index (κ1) is 25.2. The van der Waals surface area contributed by atoms with E-state index in [1.807, 2.05) is 0 Å². The first-order chi connectivity index (χ1) is 16.5. The minimum absolute atomic E-state index is 0.0105. The lowest BCUT2D eigenvalue weighted by Gasteiger charge is -2.31. The van der Waals surface area contributed by atoms with Crippen LogP contribution in [0, 0.1) is 11.6 Å². The van der Waals surface area contributed by atoms with E-state index in [2.05, 4.69) is 26.0 Å². The minimum atomic E-state index is -4.80. The van der Waals surface area contributed by atoms with Gasteiger partial charge in [-0.25, -0.2) is 8.78 Å². The van der Waals surface area contributed by atoms with Crippen LogP contribution in [0.25, 0.3) is 0 Å². The minimum Gasteiger partial charge on any atom is -0.410 e. The normalized spacial score (nSPS) is 17.7. The number of hydrogen-bond acceptors (Lipinski definition) is 7. The third kappa shape index (κ3) is 5.21.